The van der Waals surface area contributed by atoms with Gasteiger partial charge in [-0.05, 0) is 18.2 Å². The van der Waals surface area contributed by atoms with Gasteiger partial charge in [0.1, 0.15) is 34.2 Å². The van der Waals surface area contributed by atoms with Crippen LogP contribution >= 0.6 is 0 Å². The maximum absolute atomic E-state index is 17.3. The van der Waals surface area contributed by atoms with Crippen LogP contribution in [-0.2, 0) is 35.5 Å². The smallest absolute Gasteiger partial charge is 0.226 e. The van der Waals surface area contributed by atoms with Gasteiger partial charge in [-0.1, -0.05) is 0 Å². The van der Waals surface area contributed by atoms with Gasteiger partial charge in [0.15, 0.2) is 34.9 Å². The first-order chi connectivity index (χ1) is 45.3. The lowest BCUT2D eigenvalue weighted by molar-refractivity contribution is -0.401. The zero-order valence-electron chi connectivity index (χ0n) is 45.5. The van der Waals surface area contributed by atoms with E-state index in [2.05, 4.69) is 0 Å². The number of aromatic nitrogens is 6. The van der Waals surface area contributed by atoms with E-state index < -0.39 is 248 Å². The van der Waals surface area contributed by atoms with Gasteiger partial charge in [-0.15, -0.1) is 0 Å². The van der Waals surface area contributed by atoms with Crippen LogP contribution < -0.4 is 0 Å². The van der Waals surface area contributed by atoms with E-state index in [0.29, 0.717) is 0 Å². The summed E-state index contributed by atoms with van der Waals surface area (Å²) in [7, 11) is 0. The van der Waals surface area contributed by atoms with Crippen molar-refractivity contribution in [1.82, 2.24) is 29.9 Å². The number of halogens is 57. The lowest BCUT2D eigenvalue weighted by atomic mass is 9.94. The van der Waals surface area contributed by atoms with Gasteiger partial charge in [-0.3, -0.25) is 0 Å². The Morgan fingerprint density at radius 3 is 0.333 bits per heavy atom. The van der Waals surface area contributed by atoms with E-state index in [1.807, 2.05) is 0 Å². The number of alkyl halides is 54. The molecule has 0 aliphatic carbocycles. The lowest BCUT2D eigenvalue weighted by Crippen LogP contribution is -2.60. The minimum absolute atomic E-state index is 1.07. The highest BCUT2D eigenvalue weighted by Gasteiger charge is 2.89. The molecule has 0 aliphatic heterocycles. The van der Waals surface area contributed by atoms with Gasteiger partial charge in [0.05, 0.1) is 16.7 Å². The lowest BCUT2D eigenvalue weighted by Gasteiger charge is -2.35. The maximum Gasteiger partial charge on any atom is 0.460 e. The Morgan fingerprint density at radius 1 is 0.152 bits per heavy atom. The van der Waals surface area contributed by atoms with Crippen molar-refractivity contribution in [2.45, 2.75) is 144 Å². The Morgan fingerprint density at radius 2 is 0.248 bits per heavy atom. The fourth-order valence-corrected chi connectivity index (χ4v) is 7.11. The predicted octanol–water partition coefficient (Wildman–Crippen LogP) is 21.0. The first kappa shape index (κ1) is 89.9. The van der Waals surface area contributed by atoms with Gasteiger partial charge in [-0.2, -0.15) is 237 Å². The number of benzene rings is 1. The van der Waals surface area contributed by atoms with Crippen LogP contribution in [0.5, 0.6) is 0 Å². The molecule has 105 heavy (non-hydrogen) atoms. The molecule has 4 aromatic rings. The molecule has 0 aliphatic rings. The second kappa shape index (κ2) is 24.2. The third kappa shape index (κ3) is 12.5. The van der Waals surface area contributed by atoms with Crippen molar-refractivity contribution in [2.75, 3.05) is 0 Å². The van der Waals surface area contributed by atoms with E-state index in [4.69, 9.17) is 0 Å². The maximum atomic E-state index is 17.3. The van der Waals surface area contributed by atoms with E-state index in [1.54, 1.807) is 0 Å². The van der Waals surface area contributed by atoms with Crippen molar-refractivity contribution in [3.8, 4) is 34.2 Å². The van der Waals surface area contributed by atoms with Crippen LogP contribution in [0.1, 0.15) is 34.2 Å². The summed E-state index contributed by atoms with van der Waals surface area (Å²) in [5.74, 6) is -191. The fraction of sp³-hybridized carbons (Fsp3) is 0.571. The van der Waals surface area contributed by atoms with Crippen LogP contribution in [0.2, 0.25) is 0 Å². The van der Waals surface area contributed by atoms with Crippen molar-refractivity contribution in [3.05, 3.63) is 69.8 Å². The van der Waals surface area contributed by atoms with E-state index in [0.717, 1.165) is 29.9 Å². The Kier molecular flexibility index (Phi) is 20.7. The van der Waals surface area contributed by atoms with Crippen molar-refractivity contribution in [2.24, 2.45) is 0 Å². The Hall–Kier alpha value is -7.53. The third-order valence-electron chi connectivity index (χ3n) is 13.0. The number of rotatable bonds is 21. The summed E-state index contributed by atoms with van der Waals surface area (Å²) >= 11 is 0. The van der Waals surface area contributed by atoms with Crippen LogP contribution in [-0.4, -0.2) is 138 Å². The SMILES string of the molecule is Fc1c(-c2nc(C(F)(F)C(F)(F)C(F)(F)C(F)(F)F)cc(C(F)(F)C(F)(F)C(F)(F)C(F)(F)F)n2)c(F)c(-c2nc(C(F)(F)C(F)(F)C(F)(F)C(F)(F)F)cc(C(F)(F)C(F)(F)C(F)(F)C(F)(F)F)n2)c(F)c1-c1nc(C(F)(F)C(F)(F)C(F)(F)C(F)(F)F)cc(C(F)(F)C(F)(F)C(F)(F)C(F)(F)F)n1. The van der Waals surface area contributed by atoms with Crippen LogP contribution in [0.4, 0.5) is 250 Å². The van der Waals surface area contributed by atoms with Gasteiger partial charge in [0, 0.05) is 0 Å². The van der Waals surface area contributed by atoms with Crippen LogP contribution in [0.3, 0.4) is 0 Å². The molecule has 4 rings (SSSR count). The molecule has 600 valence electrons. The summed E-state index contributed by atoms with van der Waals surface area (Å²) in [5.41, 5.74) is -46.0. The number of hydrogen-bond acceptors (Lipinski definition) is 6. The molecule has 0 spiro atoms. The van der Waals surface area contributed by atoms with Gasteiger partial charge in [0.2, 0.25) is 0 Å². The zero-order valence-corrected chi connectivity index (χ0v) is 45.5. The quantitative estimate of drug-likeness (QED) is 0.0774. The highest BCUT2D eigenvalue weighted by Crippen LogP contribution is 2.65. The molecule has 3 aromatic heterocycles. The number of hydrogen-bond donors (Lipinski definition) is 0. The van der Waals surface area contributed by atoms with Gasteiger partial charge in [0.25, 0.3) is 0 Å². The van der Waals surface area contributed by atoms with Crippen LogP contribution in [0, 0.1) is 17.5 Å². The normalized spacial score (nSPS) is 15.9. The average molecular weight is 1670 g/mol. The molecule has 0 unspecified atom stereocenters. The fourth-order valence-electron chi connectivity index (χ4n) is 7.11. The molecule has 0 saturated carbocycles. The summed E-state index contributed by atoms with van der Waals surface area (Å²) in [6.45, 7) is 0. The van der Waals surface area contributed by atoms with Crippen molar-refractivity contribution in [3.63, 3.8) is 0 Å². The second-order valence-electron chi connectivity index (χ2n) is 19.8. The molecular formula is C42H3F57N6. The molecule has 0 saturated heterocycles. The monoisotopic (exact) mass is 1670 g/mol. The first-order valence-corrected chi connectivity index (χ1v) is 23.4. The third-order valence-corrected chi connectivity index (χ3v) is 13.0. The minimum atomic E-state index is -9.11. The second-order valence-corrected chi connectivity index (χ2v) is 19.8. The Balaban J connectivity index is 2.83. The van der Waals surface area contributed by atoms with Crippen LogP contribution in [0.25, 0.3) is 34.2 Å². The Bertz CT molecular complexity index is 3320. The molecule has 0 radical (unpaired) electrons. The first-order valence-electron chi connectivity index (χ1n) is 23.4. The number of nitrogens with zero attached hydrogens (tertiary/aromatic N) is 6. The summed E-state index contributed by atoms with van der Waals surface area (Å²) in [6, 6.07) is -8.79. The summed E-state index contributed by atoms with van der Waals surface area (Å²) in [4.78, 5) is 6.43. The standard InChI is InChI=1S/C42H3F57N6/c43-13-10(16-100-4(19(46,47)25(58,59)31(70,71)37(82,83)84)1-5(101-16)20(48,49)26(60,61)32(72,73)38(85,86)87)14(44)12(18-104-8(23(54,55)29(66,67)35(78,79)41(94,95)96)3-9(105-18)24(56,57)30(68,69)36(80,81)42(97,98)99)15(45)11(13)17-102-6(21(50,51)27(62,63)33(74,75)39(88,89)90)2-7(103-17)22(52,53)28(64,65)34(76,77)40(91,92)93/h1-3H. The predicted molar refractivity (Wildman–Crippen MR) is 208 cm³/mol. The topological polar surface area (TPSA) is 77.3 Å². The molecule has 0 fully saturated rings. The van der Waals surface area contributed by atoms with Gasteiger partial charge >= 0.3 is 144 Å². The van der Waals surface area contributed by atoms with Crippen LogP contribution in [0.15, 0.2) is 18.2 Å². The highest BCUT2D eigenvalue weighted by atomic mass is 19.5. The van der Waals surface area contributed by atoms with Gasteiger partial charge < -0.3 is 0 Å². The van der Waals surface area contributed by atoms with E-state index in [9.17, 15) is 184 Å². The zero-order chi connectivity index (χ0) is 84.0. The highest BCUT2D eigenvalue weighted by molar-refractivity contribution is 5.78. The van der Waals surface area contributed by atoms with E-state index in [-0.39, 0.29) is 0 Å². The van der Waals surface area contributed by atoms with Gasteiger partial charge in [-0.25, -0.2) is 43.1 Å². The minimum Gasteiger partial charge on any atom is -0.226 e. The summed E-state index contributed by atoms with van der Waals surface area (Å²) < 4.78 is 826. The average Bonchev–Trinajstić information content (AvgIpc) is 0.710. The van der Waals surface area contributed by atoms with E-state index in [1.165, 1.54) is 0 Å². The molecule has 0 atom stereocenters. The molecule has 0 bridgehead atoms. The molecule has 0 amide bonds. The summed E-state index contributed by atoms with van der Waals surface area (Å²) in [6.07, 6.45) is -51.3. The molecule has 63 heteroatoms. The molecule has 6 nitrogen and oxygen atoms in total. The van der Waals surface area contributed by atoms with Crippen molar-refractivity contribution >= 4 is 0 Å². The van der Waals surface area contributed by atoms with E-state index >= 15 is 65.9 Å². The molecule has 1 aromatic carbocycles. The Labute approximate surface area is 528 Å². The largest absolute Gasteiger partial charge is 0.460 e. The van der Waals surface area contributed by atoms with Crippen molar-refractivity contribution in [1.29, 1.82) is 0 Å². The molecular weight excluding hydrogens is 1670 g/mol. The van der Waals surface area contributed by atoms with Crippen molar-refractivity contribution < 1.29 is 250 Å². The molecule has 3 heterocycles. The molecule has 0 N–H and O–H groups in total. The summed E-state index contributed by atoms with van der Waals surface area (Å²) in [5, 5.41) is 0.